The number of aryl methyl sites for hydroxylation is 2. The SMILES string of the molecule is Cc1noc(C)c1C(C)NC(C)C(=O)Nc1ccccc1. The van der Waals surface area contributed by atoms with Crippen LogP contribution in [0.2, 0.25) is 0 Å². The van der Waals surface area contributed by atoms with E-state index < -0.39 is 0 Å². The summed E-state index contributed by atoms with van der Waals surface area (Å²) in [4.78, 5) is 12.2. The number of anilines is 1. The Morgan fingerprint density at radius 2 is 1.86 bits per heavy atom. The maximum absolute atomic E-state index is 12.2. The van der Waals surface area contributed by atoms with Crippen LogP contribution in [-0.2, 0) is 4.79 Å². The summed E-state index contributed by atoms with van der Waals surface area (Å²) in [5, 5.41) is 10.1. The van der Waals surface area contributed by atoms with Crippen molar-refractivity contribution in [1.29, 1.82) is 0 Å². The zero-order valence-corrected chi connectivity index (χ0v) is 12.8. The fourth-order valence-electron chi connectivity index (χ4n) is 2.41. The van der Waals surface area contributed by atoms with Crippen LogP contribution < -0.4 is 10.6 Å². The molecule has 1 aromatic carbocycles. The molecule has 1 aromatic heterocycles. The number of para-hydroxylation sites is 1. The first kappa shape index (κ1) is 15.3. The van der Waals surface area contributed by atoms with Gasteiger partial charge in [0.05, 0.1) is 11.7 Å². The summed E-state index contributed by atoms with van der Waals surface area (Å²) in [6.45, 7) is 7.62. The van der Waals surface area contributed by atoms with Crippen molar-refractivity contribution in [2.24, 2.45) is 0 Å². The molecule has 112 valence electrons. The third-order valence-corrected chi connectivity index (χ3v) is 3.46. The first-order valence-corrected chi connectivity index (χ1v) is 7.03. The normalized spacial score (nSPS) is 13.7. The molecule has 0 spiro atoms. The molecule has 5 heteroatoms. The smallest absolute Gasteiger partial charge is 0.241 e. The van der Waals surface area contributed by atoms with Gasteiger partial charge in [0.25, 0.3) is 0 Å². The summed E-state index contributed by atoms with van der Waals surface area (Å²) in [6.07, 6.45) is 0. The highest BCUT2D eigenvalue weighted by Crippen LogP contribution is 2.21. The number of benzene rings is 1. The molecule has 0 aliphatic carbocycles. The van der Waals surface area contributed by atoms with E-state index in [1.165, 1.54) is 0 Å². The van der Waals surface area contributed by atoms with Crippen LogP contribution in [0.1, 0.15) is 36.9 Å². The van der Waals surface area contributed by atoms with Crippen LogP contribution in [0.25, 0.3) is 0 Å². The molecule has 0 aliphatic rings. The lowest BCUT2D eigenvalue weighted by atomic mass is 10.1. The van der Waals surface area contributed by atoms with E-state index >= 15 is 0 Å². The summed E-state index contributed by atoms with van der Waals surface area (Å²) >= 11 is 0. The number of carbonyl (C=O) groups excluding carboxylic acids is 1. The highest BCUT2D eigenvalue weighted by molar-refractivity contribution is 5.94. The van der Waals surface area contributed by atoms with Gasteiger partial charge in [-0.1, -0.05) is 23.4 Å². The average molecular weight is 287 g/mol. The highest BCUT2D eigenvalue weighted by atomic mass is 16.5. The fourth-order valence-corrected chi connectivity index (χ4v) is 2.41. The number of amides is 1. The number of rotatable bonds is 5. The van der Waals surface area contributed by atoms with Gasteiger partial charge in [-0.25, -0.2) is 0 Å². The van der Waals surface area contributed by atoms with Crippen LogP contribution in [0, 0.1) is 13.8 Å². The monoisotopic (exact) mass is 287 g/mol. The van der Waals surface area contributed by atoms with Crippen LogP contribution >= 0.6 is 0 Å². The lowest BCUT2D eigenvalue weighted by Gasteiger charge is -2.19. The van der Waals surface area contributed by atoms with Gasteiger partial charge in [-0.3, -0.25) is 10.1 Å². The Morgan fingerprint density at radius 1 is 1.19 bits per heavy atom. The van der Waals surface area contributed by atoms with Gasteiger partial charge in [0.15, 0.2) is 0 Å². The van der Waals surface area contributed by atoms with E-state index in [9.17, 15) is 4.79 Å². The van der Waals surface area contributed by atoms with Gasteiger partial charge < -0.3 is 9.84 Å². The van der Waals surface area contributed by atoms with Crippen LogP contribution in [-0.4, -0.2) is 17.1 Å². The lowest BCUT2D eigenvalue weighted by molar-refractivity contribution is -0.117. The molecule has 0 aliphatic heterocycles. The zero-order chi connectivity index (χ0) is 15.4. The number of nitrogens with zero attached hydrogens (tertiary/aromatic N) is 1. The molecule has 0 fully saturated rings. The van der Waals surface area contributed by atoms with Gasteiger partial charge in [0.2, 0.25) is 5.91 Å². The van der Waals surface area contributed by atoms with E-state index in [-0.39, 0.29) is 18.0 Å². The average Bonchev–Trinajstić information content (AvgIpc) is 2.79. The molecule has 2 atom stereocenters. The molecule has 1 amide bonds. The van der Waals surface area contributed by atoms with Crippen molar-refractivity contribution < 1.29 is 9.32 Å². The summed E-state index contributed by atoms with van der Waals surface area (Å²) in [5.74, 6) is 0.711. The minimum atomic E-state index is -0.325. The molecule has 0 saturated carbocycles. The number of nitrogens with one attached hydrogen (secondary N) is 2. The van der Waals surface area contributed by atoms with Crippen molar-refractivity contribution in [2.45, 2.75) is 39.8 Å². The first-order valence-electron chi connectivity index (χ1n) is 7.03. The first-order chi connectivity index (χ1) is 9.99. The van der Waals surface area contributed by atoms with E-state index in [1.54, 1.807) is 0 Å². The van der Waals surface area contributed by atoms with Crippen molar-refractivity contribution in [3.63, 3.8) is 0 Å². The quantitative estimate of drug-likeness (QED) is 0.887. The van der Waals surface area contributed by atoms with Gasteiger partial charge in [-0.15, -0.1) is 0 Å². The summed E-state index contributed by atoms with van der Waals surface area (Å²) in [5.41, 5.74) is 2.65. The Balaban J connectivity index is 1.98. The minimum Gasteiger partial charge on any atom is -0.361 e. The Labute approximate surface area is 124 Å². The zero-order valence-electron chi connectivity index (χ0n) is 12.8. The molecule has 2 rings (SSSR count). The number of carbonyl (C=O) groups is 1. The van der Waals surface area contributed by atoms with E-state index in [2.05, 4.69) is 15.8 Å². The number of hydrogen-bond acceptors (Lipinski definition) is 4. The molecule has 5 nitrogen and oxygen atoms in total. The molecule has 2 unspecified atom stereocenters. The van der Waals surface area contributed by atoms with Crippen LogP contribution in [0.3, 0.4) is 0 Å². The molecule has 2 aromatic rings. The van der Waals surface area contributed by atoms with Gasteiger partial charge in [0.1, 0.15) is 5.76 Å². The van der Waals surface area contributed by atoms with Crippen LogP contribution in [0.4, 0.5) is 5.69 Å². The Morgan fingerprint density at radius 3 is 2.43 bits per heavy atom. The van der Waals surface area contributed by atoms with Crippen LogP contribution in [0.15, 0.2) is 34.9 Å². The van der Waals surface area contributed by atoms with Crippen molar-refractivity contribution in [3.8, 4) is 0 Å². The predicted molar refractivity (Wildman–Crippen MR) is 82.1 cm³/mol. The van der Waals surface area contributed by atoms with Crippen molar-refractivity contribution in [3.05, 3.63) is 47.3 Å². The maximum atomic E-state index is 12.2. The predicted octanol–water partition coefficient (Wildman–Crippen LogP) is 2.97. The standard InChI is InChI=1S/C16H21N3O2/c1-10(15-11(2)19-21-13(15)4)17-12(3)16(20)18-14-8-6-5-7-9-14/h5-10,12,17H,1-4H3,(H,18,20). The van der Waals surface area contributed by atoms with Crippen molar-refractivity contribution in [1.82, 2.24) is 10.5 Å². The Kier molecular flexibility index (Phi) is 4.75. The molecule has 0 saturated heterocycles. The topological polar surface area (TPSA) is 67.2 Å². The highest BCUT2D eigenvalue weighted by Gasteiger charge is 2.21. The van der Waals surface area contributed by atoms with E-state index in [4.69, 9.17) is 4.52 Å². The van der Waals surface area contributed by atoms with Gasteiger partial charge in [0, 0.05) is 17.3 Å². The summed E-state index contributed by atoms with van der Waals surface area (Å²) in [7, 11) is 0. The van der Waals surface area contributed by atoms with Gasteiger partial charge >= 0.3 is 0 Å². The molecular formula is C16H21N3O2. The van der Waals surface area contributed by atoms with E-state index in [0.29, 0.717) is 0 Å². The molecular weight excluding hydrogens is 266 g/mol. The summed E-state index contributed by atoms with van der Waals surface area (Å²) < 4.78 is 5.16. The third-order valence-electron chi connectivity index (χ3n) is 3.46. The van der Waals surface area contributed by atoms with Gasteiger partial charge in [-0.05, 0) is 39.8 Å². The van der Waals surface area contributed by atoms with Crippen molar-refractivity contribution >= 4 is 11.6 Å². The van der Waals surface area contributed by atoms with E-state index in [1.807, 2.05) is 58.0 Å². The lowest BCUT2D eigenvalue weighted by Crippen LogP contribution is -2.39. The van der Waals surface area contributed by atoms with Crippen molar-refractivity contribution in [2.75, 3.05) is 5.32 Å². The number of hydrogen-bond donors (Lipinski definition) is 2. The molecule has 0 radical (unpaired) electrons. The van der Waals surface area contributed by atoms with Crippen LogP contribution in [0.5, 0.6) is 0 Å². The molecule has 0 bridgehead atoms. The summed E-state index contributed by atoms with van der Waals surface area (Å²) in [6, 6.07) is 9.09. The second-order valence-electron chi connectivity index (χ2n) is 5.20. The van der Waals surface area contributed by atoms with Gasteiger partial charge in [-0.2, -0.15) is 0 Å². The second kappa shape index (κ2) is 6.54. The third kappa shape index (κ3) is 3.70. The molecule has 1 heterocycles. The minimum absolute atomic E-state index is 0.00669. The largest absolute Gasteiger partial charge is 0.361 e. The Hall–Kier alpha value is -2.14. The van der Waals surface area contributed by atoms with E-state index in [0.717, 1.165) is 22.7 Å². The molecule has 2 N–H and O–H groups in total. The number of aromatic nitrogens is 1. The fraction of sp³-hybridized carbons (Fsp3) is 0.375. The molecule has 21 heavy (non-hydrogen) atoms. The second-order valence-corrected chi connectivity index (χ2v) is 5.20. The Bertz CT molecular complexity index is 588. The maximum Gasteiger partial charge on any atom is 0.241 e.